The smallest absolute Gasteiger partial charge is 0.486 e. The largest absolute Gasteiger partial charge is 1.00 e. The summed E-state index contributed by atoms with van der Waals surface area (Å²) in [4.78, 5) is 15.3. The Morgan fingerprint density at radius 1 is 1.16 bits per heavy atom. The second-order valence-electron chi connectivity index (χ2n) is 7.77. The van der Waals surface area contributed by atoms with E-state index in [0.29, 0.717) is 24.0 Å². The van der Waals surface area contributed by atoms with Crippen LogP contribution in [0.2, 0.25) is 0 Å². The summed E-state index contributed by atoms with van der Waals surface area (Å²) in [6.07, 6.45) is -0.426. The average molecular weight is 574 g/mol. The molecule has 1 unspecified atom stereocenters. The predicted octanol–water partition coefficient (Wildman–Crippen LogP) is 1.83. The van der Waals surface area contributed by atoms with Gasteiger partial charge in [-0.3, -0.25) is 9.69 Å². The van der Waals surface area contributed by atoms with Crippen molar-refractivity contribution in [3.05, 3.63) is 36.7 Å². The summed E-state index contributed by atoms with van der Waals surface area (Å²) < 4.78 is 38.0. The van der Waals surface area contributed by atoms with E-state index in [-0.39, 0.29) is 114 Å². The van der Waals surface area contributed by atoms with Crippen LogP contribution in [0.3, 0.4) is 0 Å². The van der Waals surface area contributed by atoms with E-state index in [4.69, 9.17) is 9.47 Å². The topological polar surface area (TPSA) is 50.8 Å². The standard InChI is InChI=1S/C21H28F2N2O3S.CH3.Cs/c1-13(2)16-11-17-18(28-10-9-27-17)12-19(16)29-15(4)24-20(26)14(3)25-7-5-21(22,23)6-8-25;;/h11-14H,4-10H2,1-3H3,(H,24,26);1H3;/q;-1;+1. The number of hydrogen-bond acceptors (Lipinski definition) is 5. The van der Waals surface area contributed by atoms with Crippen molar-refractivity contribution < 1.29 is 91.9 Å². The summed E-state index contributed by atoms with van der Waals surface area (Å²) in [5.41, 5.74) is 1.08. The van der Waals surface area contributed by atoms with E-state index in [2.05, 4.69) is 25.7 Å². The minimum atomic E-state index is -2.63. The van der Waals surface area contributed by atoms with E-state index in [1.54, 1.807) is 11.8 Å². The van der Waals surface area contributed by atoms with Gasteiger partial charge in [-0.25, -0.2) is 8.78 Å². The maximum Gasteiger partial charge on any atom is 1.00 e. The van der Waals surface area contributed by atoms with Crippen molar-refractivity contribution in [1.29, 1.82) is 0 Å². The van der Waals surface area contributed by atoms with Gasteiger partial charge in [0, 0.05) is 30.8 Å². The molecule has 3 rings (SSSR count). The van der Waals surface area contributed by atoms with Crippen LogP contribution in [0.1, 0.15) is 45.1 Å². The first-order valence-electron chi connectivity index (χ1n) is 9.89. The number of likely N-dealkylation sites (tertiary alicyclic amines) is 1. The molecule has 0 aromatic heterocycles. The normalized spacial score (nSPS) is 18.4. The number of alkyl halides is 2. The Labute approximate surface area is 247 Å². The Bertz CT molecular complexity index is 782. The quantitative estimate of drug-likeness (QED) is 0.416. The van der Waals surface area contributed by atoms with E-state index in [1.807, 2.05) is 12.1 Å². The van der Waals surface area contributed by atoms with E-state index in [1.165, 1.54) is 11.8 Å². The maximum atomic E-state index is 13.4. The van der Waals surface area contributed by atoms with Crippen LogP contribution in [-0.2, 0) is 4.79 Å². The second-order valence-corrected chi connectivity index (χ2v) is 8.91. The molecule has 0 aliphatic carbocycles. The fourth-order valence-corrected chi connectivity index (χ4v) is 4.43. The number of halogens is 2. The van der Waals surface area contributed by atoms with Gasteiger partial charge in [0.25, 0.3) is 5.92 Å². The number of rotatable bonds is 6. The van der Waals surface area contributed by atoms with Crippen LogP contribution in [-0.4, -0.2) is 49.1 Å². The molecule has 0 saturated carbocycles. The van der Waals surface area contributed by atoms with E-state index in [0.717, 1.165) is 16.2 Å². The minimum Gasteiger partial charge on any atom is -0.486 e. The molecule has 0 radical (unpaired) electrons. The fourth-order valence-electron chi connectivity index (χ4n) is 3.43. The van der Waals surface area contributed by atoms with Gasteiger partial charge in [0.15, 0.2) is 11.5 Å². The first-order chi connectivity index (χ1) is 13.7. The molecule has 1 fully saturated rings. The molecule has 2 aliphatic heterocycles. The number of carbonyl (C=O) groups is 1. The van der Waals surface area contributed by atoms with Gasteiger partial charge in [-0.2, -0.15) is 0 Å². The third-order valence-electron chi connectivity index (χ3n) is 5.25. The Morgan fingerprint density at radius 3 is 2.26 bits per heavy atom. The molecule has 9 heteroatoms. The minimum absolute atomic E-state index is 0. The zero-order valence-corrected chi connectivity index (χ0v) is 26.2. The van der Waals surface area contributed by atoms with Gasteiger partial charge in [0.05, 0.1) is 11.1 Å². The van der Waals surface area contributed by atoms with E-state index >= 15 is 0 Å². The summed E-state index contributed by atoms with van der Waals surface area (Å²) in [6, 6.07) is 3.41. The first kappa shape index (κ1) is 29.3. The number of hydrogen-bond donors (Lipinski definition) is 1. The van der Waals surface area contributed by atoms with Crippen LogP contribution in [0.5, 0.6) is 11.5 Å². The Morgan fingerprint density at radius 2 is 1.71 bits per heavy atom. The first-order valence-corrected chi connectivity index (χ1v) is 10.7. The van der Waals surface area contributed by atoms with E-state index < -0.39 is 12.0 Å². The third kappa shape index (κ3) is 7.91. The maximum absolute atomic E-state index is 13.4. The van der Waals surface area contributed by atoms with Crippen molar-refractivity contribution >= 4 is 17.7 Å². The van der Waals surface area contributed by atoms with Crippen LogP contribution >= 0.6 is 11.8 Å². The molecular weight excluding hydrogens is 543 g/mol. The second kappa shape index (κ2) is 12.6. The molecule has 31 heavy (non-hydrogen) atoms. The van der Waals surface area contributed by atoms with E-state index in [9.17, 15) is 13.6 Å². The number of nitrogens with zero attached hydrogens (tertiary/aromatic N) is 1. The summed E-state index contributed by atoms with van der Waals surface area (Å²) in [7, 11) is 0. The van der Waals surface area contributed by atoms with Crippen LogP contribution < -0.4 is 83.7 Å². The predicted molar refractivity (Wildman–Crippen MR) is 116 cm³/mol. The molecular formula is C22H31CsF2N2O3S. The Hall–Kier alpha value is 0.252. The van der Waals surface area contributed by atoms with Crippen molar-refractivity contribution in [2.24, 2.45) is 0 Å². The zero-order valence-electron chi connectivity index (χ0n) is 19.1. The molecule has 5 nitrogen and oxygen atoms in total. The molecule has 1 saturated heterocycles. The van der Waals surface area contributed by atoms with Gasteiger partial charge >= 0.3 is 68.9 Å². The number of thioether (sulfide) groups is 1. The van der Waals surface area contributed by atoms with Gasteiger partial charge in [-0.1, -0.05) is 32.2 Å². The fraction of sp³-hybridized carbons (Fsp3) is 0.545. The van der Waals surface area contributed by atoms with Crippen molar-refractivity contribution in [3.63, 3.8) is 0 Å². The van der Waals surface area contributed by atoms with Gasteiger partial charge in [-0.15, -0.1) is 0 Å². The zero-order chi connectivity index (χ0) is 21.2. The molecule has 0 spiro atoms. The van der Waals surface area contributed by atoms with Gasteiger partial charge in [0.1, 0.15) is 13.2 Å². The number of piperidine rings is 1. The molecule has 0 bridgehead atoms. The van der Waals surface area contributed by atoms with Crippen LogP contribution in [0.15, 0.2) is 28.6 Å². The third-order valence-corrected chi connectivity index (χ3v) is 6.17. The summed E-state index contributed by atoms with van der Waals surface area (Å²) in [5, 5.41) is 3.31. The molecule has 1 aromatic carbocycles. The van der Waals surface area contributed by atoms with Crippen molar-refractivity contribution in [2.45, 2.75) is 56.4 Å². The molecule has 1 aromatic rings. The number of carbonyl (C=O) groups excluding carboxylic acids is 1. The number of nitrogens with one attached hydrogen (secondary N) is 1. The monoisotopic (exact) mass is 574 g/mol. The molecule has 1 atom stereocenters. The summed E-state index contributed by atoms with van der Waals surface area (Å²) in [5.74, 6) is -1.20. The summed E-state index contributed by atoms with van der Waals surface area (Å²) in [6.45, 7) is 11.3. The van der Waals surface area contributed by atoms with Gasteiger partial charge in [0.2, 0.25) is 5.91 Å². The van der Waals surface area contributed by atoms with Crippen molar-refractivity contribution in [2.75, 3.05) is 26.3 Å². The summed E-state index contributed by atoms with van der Waals surface area (Å²) >= 11 is 1.36. The Kier molecular flexibility index (Phi) is 11.9. The molecule has 2 aliphatic rings. The average Bonchev–Trinajstić information content (AvgIpc) is 2.66. The SMILES string of the molecule is C=C(NC(=O)C(C)N1CCC(F)(F)CC1)Sc1cc2c(cc1C(C)C)OCCO2.[CH3-].[Cs+]. The Balaban J connectivity index is 0.00000240. The number of benzene rings is 1. The number of fused-ring (bicyclic) bond motifs is 1. The van der Waals surface area contributed by atoms with Crippen LogP contribution in [0, 0.1) is 7.43 Å². The molecule has 2 heterocycles. The van der Waals surface area contributed by atoms with Crippen molar-refractivity contribution in [1.82, 2.24) is 10.2 Å². The van der Waals surface area contributed by atoms with Crippen LogP contribution in [0.25, 0.3) is 0 Å². The molecule has 1 amide bonds. The van der Waals surface area contributed by atoms with Crippen molar-refractivity contribution in [3.8, 4) is 11.5 Å². The molecule has 1 N–H and O–H groups in total. The van der Waals surface area contributed by atoms with Gasteiger partial charge < -0.3 is 22.2 Å². The number of ether oxygens (including phenoxy) is 2. The molecule has 168 valence electrons. The van der Waals surface area contributed by atoms with Gasteiger partial charge in [-0.05, 0) is 30.5 Å². The number of amides is 1. The van der Waals surface area contributed by atoms with Crippen LogP contribution in [0.4, 0.5) is 8.78 Å².